The molecule has 1 aromatic carbocycles. The van der Waals surface area contributed by atoms with Crippen LogP contribution in [-0.4, -0.2) is 46.4 Å². The van der Waals surface area contributed by atoms with Gasteiger partial charge >= 0.3 is 11.8 Å². The number of rotatable bonds is 6. The second-order valence-electron chi connectivity index (χ2n) is 7.01. The van der Waals surface area contributed by atoms with E-state index in [9.17, 15) is 24.5 Å². The van der Waals surface area contributed by atoms with E-state index in [0.717, 1.165) is 11.0 Å². The summed E-state index contributed by atoms with van der Waals surface area (Å²) in [5, 5.41) is 13.6. The van der Waals surface area contributed by atoms with Gasteiger partial charge in [0, 0.05) is 11.8 Å². The molecular weight excluding hydrogens is 408 g/mol. The number of carbonyl (C=O) groups excluding carboxylic acids is 3. The maximum Gasteiger partial charge on any atom is 0.366 e. The second kappa shape index (κ2) is 8.78. The van der Waals surface area contributed by atoms with Gasteiger partial charge in [-0.1, -0.05) is 0 Å². The van der Waals surface area contributed by atoms with Gasteiger partial charge in [-0.25, -0.2) is 4.79 Å². The second-order valence-corrected chi connectivity index (χ2v) is 7.01. The Morgan fingerprint density at radius 2 is 1.94 bits per heavy atom. The van der Waals surface area contributed by atoms with Gasteiger partial charge in [-0.05, 0) is 61.0 Å². The van der Waals surface area contributed by atoms with Gasteiger partial charge in [0.2, 0.25) is 5.91 Å². The van der Waals surface area contributed by atoms with Crippen molar-refractivity contribution in [2.24, 2.45) is 0 Å². The summed E-state index contributed by atoms with van der Waals surface area (Å²) < 4.78 is 10.5. The fourth-order valence-electron chi connectivity index (χ4n) is 2.85. The lowest BCUT2D eigenvalue weighted by atomic mass is 10.2. The Morgan fingerprint density at radius 3 is 2.55 bits per heavy atom. The van der Waals surface area contributed by atoms with Crippen molar-refractivity contribution in [3.05, 3.63) is 52.1 Å². The van der Waals surface area contributed by atoms with Crippen LogP contribution >= 0.6 is 0 Å². The number of carbonyl (C=O) groups is 3. The highest BCUT2D eigenvalue weighted by Gasteiger charge is 2.37. The minimum Gasteiger partial charge on any atom is -0.475 e. The molecule has 0 spiro atoms. The molecule has 0 aliphatic carbocycles. The third-order valence-corrected chi connectivity index (χ3v) is 4.23. The van der Waals surface area contributed by atoms with Crippen LogP contribution in [0.2, 0.25) is 0 Å². The number of amides is 2. The number of nitrogens with zero attached hydrogens (tertiary/aromatic N) is 3. The number of nitrogens with one attached hydrogen (secondary N) is 1. The molecule has 1 unspecified atom stereocenters. The van der Waals surface area contributed by atoms with Crippen molar-refractivity contribution in [3.8, 4) is 5.75 Å². The minimum absolute atomic E-state index is 0.0979. The summed E-state index contributed by atoms with van der Waals surface area (Å²) in [6.45, 7) is 4.56. The van der Waals surface area contributed by atoms with Crippen molar-refractivity contribution in [1.29, 1.82) is 0 Å². The van der Waals surface area contributed by atoms with Gasteiger partial charge in [-0.2, -0.15) is 0 Å². The van der Waals surface area contributed by atoms with Crippen LogP contribution in [-0.2, 0) is 14.3 Å². The largest absolute Gasteiger partial charge is 0.475 e. The van der Waals surface area contributed by atoms with E-state index in [-0.39, 0.29) is 17.7 Å². The Bertz CT molecular complexity index is 1040. The molecule has 0 fully saturated rings. The van der Waals surface area contributed by atoms with Crippen LogP contribution in [0.1, 0.15) is 31.1 Å². The topological polar surface area (TPSA) is 141 Å². The Labute approximate surface area is 177 Å². The molecular formula is C20H20N4O7. The van der Waals surface area contributed by atoms with E-state index < -0.39 is 41.2 Å². The predicted octanol–water partition coefficient (Wildman–Crippen LogP) is 2.31. The van der Waals surface area contributed by atoms with Crippen LogP contribution in [0.15, 0.2) is 36.4 Å². The molecule has 0 saturated carbocycles. The van der Waals surface area contributed by atoms with Gasteiger partial charge in [0.1, 0.15) is 6.54 Å². The smallest absolute Gasteiger partial charge is 0.366 e. The van der Waals surface area contributed by atoms with Crippen molar-refractivity contribution in [1.82, 2.24) is 4.98 Å². The third-order valence-electron chi connectivity index (χ3n) is 4.23. The van der Waals surface area contributed by atoms with E-state index in [1.165, 1.54) is 37.3 Å². The highest BCUT2D eigenvalue weighted by Crippen LogP contribution is 2.33. The molecule has 2 aromatic rings. The van der Waals surface area contributed by atoms with Gasteiger partial charge in [-0.15, -0.1) is 0 Å². The van der Waals surface area contributed by atoms with Crippen molar-refractivity contribution in [2.45, 2.75) is 33.0 Å². The Balaban J connectivity index is 1.74. The summed E-state index contributed by atoms with van der Waals surface area (Å²) in [4.78, 5) is 52.1. The maximum absolute atomic E-state index is 12.5. The van der Waals surface area contributed by atoms with Crippen molar-refractivity contribution < 1.29 is 28.8 Å². The highest BCUT2D eigenvalue weighted by molar-refractivity contribution is 6.05. The molecule has 2 amide bonds. The molecule has 1 N–H and O–H groups in total. The van der Waals surface area contributed by atoms with Crippen molar-refractivity contribution >= 4 is 35.1 Å². The first-order chi connectivity index (χ1) is 14.7. The van der Waals surface area contributed by atoms with Gasteiger partial charge in [0.25, 0.3) is 11.7 Å². The summed E-state index contributed by atoms with van der Waals surface area (Å²) in [5.41, 5.74) is 0.724. The molecule has 1 atom stereocenters. The van der Waals surface area contributed by atoms with Gasteiger partial charge in [0.15, 0.2) is 11.9 Å². The fourth-order valence-corrected chi connectivity index (χ4v) is 2.85. The summed E-state index contributed by atoms with van der Waals surface area (Å²) in [5.74, 6) is -2.00. The Kier molecular flexibility index (Phi) is 6.14. The van der Waals surface area contributed by atoms with Crippen molar-refractivity contribution in [2.75, 3.05) is 16.8 Å². The van der Waals surface area contributed by atoms with Crippen LogP contribution in [0.4, 0.5) is 17.3 Å². The van der Waals surface area contributed by atoms with Crippen LogP contribution < -0.4 is 15.0 Å². The molecule has 1 aromatic heterocycles. The van der Waals surface area contributed by atoms with Crippen LogP contribution in [0.25, 0.3) is 0 Å². The lowest BCUT2D eigenvalue weighted by Crippen LogP contribution is -2.48. The summed E-state index contributed by atoms with van der Waals surface area (Å²) >= 11 is 0. The zero-order valence-electron chi connectivity index (χ0n) is 17.0. The zero-order chi connectivity index (χ0) is 22.7. The van der Waals surface area contributed by atoms with Gasteiger partial charge < -0.3 is 24.9 Å². The standard InChI is InChI=1S/C20H20N4O7/c1-11(2)30-20(27)13-4-6-14(7-5-13)21-17(25)10-23-18-15(31-12(3)19(23)26)8-9-16(22-18)24(28)29/h4-9,11-12H,10H2,1-3H3,(H,21,25). The number of hydrogen-bond acceptors (Lipinski definition) is 8. The number of anilines is 2. The number of esters is 1. The predicted molar refractivity (Wildman–Crippen MR) is 109 cm³/mol. The van der Waals surface area contributed by atoms with E-state index >= 15 is 0 Å². The lowest BCUT2D eigenvalue weighted by molar-refractivity contribution is -0.389. The van der Waals surface area contributed by atoms with Gasteiger partial charge in [0.05, 0.1) is 11.7 Å². The normalized spacial score (nSPS) is 15.2. The van der Waals surface area contributed by atoms with Crippen molar-refractivity contribution in [3.63, 3.8) is 0 Å². The number of hydrogen-bond donors (Lipinski definition) is 1. The van der Waals surface area contributed by atoms with E-state index in [1.54, 1.807) is 13.8 Å². The quantitative estimate of drug-likeness (QED) is 0.420. The number of nitro groups is 1. The van der Waals surface area contributed by atoms with E-state index in [2.05, 4.69) is 10.3 Å². The summed E-state index contributed by atoms with van der Waals surface area (Å²) in [7, 11) is 0. The Hall–Kier alpha value is -4.02. The number of benzene rings is 1. The minimum atomic E-state index is -0.880. The molecule has 11 heteroatoms. The number of ether oxygens (including phenoxy) is 2. The molecule has 0 bridgehead atoms. The maximum atomic E-state index is 12.5. The number of fused-ring (bicyclic) bond motifs is 1. The van der Waals surface area contributed by atoms with E-state index in [0.29, 0.717) is 11.3 Å². The van der Waals surface area contributed by atoms with Crippen LogP contribution in [0.5, 0.6) is 5.75 Å². The molecule has 1 aliphatic rings. The number of pyridine rings is 1. The van der Waals surface area contributed by atoms with Crippen LogP contribution in [0, 0.1) is 10.1 Å². The Morgan fingerprint density at radius 1 is 1.26 bits per heavy atom. The first kappa shape index (κ1) is 21.7. The van der Waals surface area contributed by atoms with Gasteiger partial charge in [-0.3, -0.25) is 14.5 Å². The summed E-state index contributed by atoms with van der Waals surface area (Å²) in [6, 6.07) is 8.55. The lowest BCUT2D eigenvalue weighted by Gasteiger charge is -2.28. The molecule has 1 aliphatic heterocycles. The highest BCUT2D eigenvalue weighted by atomic mass is 16.6. The monoisotopic (exact) mass is 428 g/mol. The SMILES string of the molecule is CC(C)OC(=O)c1ccc(NC(=O)CN2C(=O)C(C)Oc3ccc([N+](=O)[O-])nc32)cc1. The first-order valence-corrected chi connectivity index (χ1v) is 9.40. The molecule has 31 heavy (non-hydrogen) atoms. The molecule has 3 rings (SSSR count). The molecule has 11 nitrogen and oxygen atoms in total. The molecule has 0 radical (unpaired) electrons. The average molecular weight is 428 g/mol. The summed E-state index contributed by atoms with van der Waals surface area (Å²) in [6.07, 6.45) is -1.14. The van der Waals surface area contributed by atoms with Crippen LogP contribution in [0.3, 0.4) is 0 Å². The molecule has 162 valence electrons. The third kappa shape index (κ3) is 4.94. The molecule has 2 heterocycles. The van der Waals surface area contributed by atoms with E-state index in [4.69, 9.17) is 9.47 Å². The number of aromatic nitrogens is 1. The average Bonchev–Trinajstić information content (AvgIpc) is 2.71. The van der Waals surface area contributed by atoms with E-state index in [1.807, 2.05) is 0 Å². The fraction of sp³-hybridized carbons (Fsp3) is 0.300. The molecule has 0 saturated heterocycles. The first-order valence-electron chi connectivity index (χ1n) is 9.40. The zero-order valence-corrected chi connectivity index (χ0v) is 17.0.